The third-order valence-electron chi connectivity index (χ3n) is 2.19. The number of amides is 3. The van der Waals surface area contributed by atoms with Crippen LogP contribution in [0.2, 0.25) is 0 Å². The van der Waals surface area contributed by atoms with Crippen molar-refractivity contribution in [3.05, 3.63) is 0 Å². The molecule has 0 bridgehead atoms. The third kappa shape index (κ3) is 5.74. The topological polar surface area (TPSA) is 98.7 Å². The molecule has 0 aliphatic rings. The lowest BCUT2D eigenvalue weighted by atomic mass is 10.3. The van der Waals surface area contributed by atoms with E-state index in [0.29, 0.717) is 13.1 Å². The van der Waals surface area contributed by atoms with E-state index in [2.05, 4.69) is 10.6 Å². The second kappa shape index (κ2) is 7.48. The van der Waals surface area contributed by atoms with Gasteiger partial charge in [-0.1, -0.05) is 0 Å². The highest BCUT2D eigenvalue weighted by Gasteiger charge is 2.19. The minimum Gasteiger partial charge on any atom is -0.480 e. The number of carbonyl (C=O) groups is 3. The molecular weight excluding hydrogens is 226 g/mol. The average molecular weight is 245 g/mol. The summed E-state index contributed by atoms with van der Waals surface area (Å²) >= 11 is 0. The summed E-state index contributed by atoms with van der Waals surface area (Å²) in [5.74, 6) is -1.33. The van der Waals surface area contributed by atoms with E-state index in [1.807, 2.05) is 13.8 Å². The van der Waals surface area contributed by atoms with Gasteiger partial charge in [0.25, 0.3) is 0 Å². The smallest absolute Gasteiger partial charge is 0.323 e. The van der Waals surface area contributed by atoms with Crippen molar-refractivity contribution in [2.24, 2.45) is 0 Å². The van der Waals surface area contributed by atoms with Crippen LogP contribution in [0.25, 0.3) is 0 Å². The summed E-state index contributed by atoms with van der Waals surface area (Å²) in [6.07, 6.45) is 0. The first-order chi connectivity index (χ1) is 7.92. The lowest BCUT2D eigenvalue weighted by molar-refractivity contribution is -0.135. The Morgan fingerprint density at radius 1 is 1.24 bits per heavy atom. The van der Waals surface area contributed by atoms with Gasteiger partial charge in [-0.05, 0) is 20.8 Å². The molecule has 1 atom stereocenters. The molecule has 0 radical (unpaired) electrons. The quantitative estimate of drug-likeness (QED) is 0.594. The molecule has 1 unspecified atom stereocenters. The molecule has 0 aliphatic heterocycles. The number of likely N-dealkylation sites (N-methyl/N-ethyl adjacent to an activating group) is 1. The zero-order valence-corrected chi connectivity index (χ0v) is 10.3. The molecule has 7 heteroatoms. The molecule has 0 saturated carbocycles. The van der Waals surface area contributed by atoms with Crippen molar-refractivity contribution in [2.45, 2.75) is 26.8 Å². The summed E-state index contributed by atoms with van der Waals surface area (Å²) in [5, 5.41) is 12.9. The molecule has 7 nitrogen and oxygen atoms in total. The number of aliphatic carboxylic acids is 1. The Morgan fingerprint density at radius 2 is 1.76 bits per heavy atom. The fourth-order valence-electron chi connectivity index (χ4n) is 1.27. The van der Waals surface area contributed by atoms with Gasteiger partial charge >= 0.3 is 12.0 Å². The standard InChI is InChI=1S/C10H19N3O4/c1-4-13(5-2)9(16)7(3)12-10(17)11-6-8(14)15/h7H,4-6H2,1-3H3,(H,14,15)(H2,11,12,17). The maximum absolute atomic E-state index is 11.7. The number of carbonyl (C=O) groups excluding carboxylic acids is 2. The van der Waals surface area contributed by atoms with Crippen LogP contribution in [-0.2, 0) is 9.59 Å². The van der Waals surface area contributed by atoms with Crippen molar-refractivity contribution < 1.29 is 19.5 Å². The van der Waals surface area contributed by atoms with Crippen molar-refractivity contribution in [2.75, 3.05) is 19.6 Å². The minimum absolute atomic E-state index is 0.194. The molecule has 0 aromatic heterocycles. The molecule has 17 heavy (non-hydrogen) atoms. The van der Waals surface area contributed by atoms with Gasteiger partial charge in [-0.2, -0.15) is 0 Å². The van der Waals surface area contributed by atoms with Crippen molar-refractivity contribution >= 4 is 17.9 Å². The largest absolute Gasteiger partial charge is 0.480 e. The lowest BCUT2D eigenvalue weighted by Gasteiger charge is -2.23. The summed E-state index contributed by atoms with van der Waals surface area (Å²) in [6.45, 7) is 5.91. The Kier molecular flexibility index (Phi) is 6.69. The molecule has 0 heterocycles. The molecule has 0 fully saturated rings. The van der Waals surface area contributed by atoms with Crippen LogP contribution in [0.3, 0.4) is 0 Å². The zero-order valence-electron chi connectivity index (χ0n) is 10.3. The lowest BCUT2D eigenvalue weighted by Crippen LogP contribution is -2.50. The molecule has 0 rings (SSSR count). The van der Waals surface area contributed by atoms with E-state index in [-0.39, 0.29) is 5.91 Å². The number of nitrogens with one attached hydrogen (secondary N) is 2. The summed E-state index contributed by atoms with van der Waals surface area (Å²) in [7, 11) is 0. The maximum Gasteiger partial charge on any atom is 0.323 e. The SMILES string of the molecule is CCN(CC)C(=O)C(C)NC(=O)NCC(=O)O. The number of urea groups is 1. The van der Waals surface area contributed by atoms with Crippen LogP contribution >= 0.6 is 0 Å². The van der Waals surface area contributed by atoms with Crippen LogP contribution < -0.4 is 10.6 Å². The van der Waals surface area contributed by atoms with Crippen LogP contribution in [0.4, 0.5) is 4.79 Å². The van der Waals surface area contributed by atoms with E-state index < -0.39 is 24.6 Å². The summed E-state index contributed by atoms with van der Waals surface area (Å²) in [6, 6.07) is -1.34. The highest BCUT2D eigenvalue weighted by Crippen LogP contribution is 1.94. The maximum atomic E-state index is 11.7. The Balaban J connectivity index is 4.15. The number of nitrogens with zero attached hydrogens (tertiary/aromatic N) is 1. The van der Waals surface area contributed by atoms with Crippen molar-refractivity contribution in [3.8, 4) is 0 Å². The third-order valence-corrected chi connectivity index (χ3v) is 2.19. The van der Waals surface area contributed by atoms with Crippen LogP contribution in [0.5, 0.6) is 0 Å². The average Bonchev–Trinajstić information content (AvgIpc) is 2.27. The molecule has 0 aliphatic carbocycles. The monoisotopic (exact) mass is 245 g/mol. The van der Waals surface area contributed by atoms with Crippen molar-refractivity contribution in [1.82, 2.24) is 15.5 Å². The fourth-order valence-corrected chi connectivity index (χ4v) is 1.27. The highest BCUT2D eigenvalue weighted by atomic mass is 16.4. The van der Waals surface area contributed by atoms with Gasteiger partial charge in [0.05, 0.1) is 0 Å². The Labute approximate surface area is 100 Å². The Bertz CT molecular complexity index is 289. The predicted molar refractivity (Wildman–Crippen MR) is 61.6 cm³/mol. The van der Waals surface area contributed by atoms with Gasteiger partial charge in [-0.25, -0.2) is 4.79 Å². The van der Waals surface area contributed by atoms with Crippen LogP contribution in [0, 0.1) is 0 Å². The van der Waals surface area contributed by atoms with Crippen LogP contribution in [-0.4, -0.2) is 53.6 Å². The molecule has 3 amide bonds. The van der Waals surface area contributed by atoms with E-state index >= 15 is 0 Å². The first-order valence-electron chi connectivity index (χ1n) is 5.47. The van der Waals surface area contributed by atoms with E-state index in [4.69, 9.17) is 5.11 Å². The molecule has 0 spiro atoms. The number of rotatable bonds is 6. The second-order valence-electron chi connectivity index (χ2n) is 3.45. The predicted octanol–water partition coefficient (Wildman–Crippen LogP) is -0.373. The zero-order chi connectivity index (χ0) is 13.4. The number of hydrogen-bond donors (Lipinski definition) is 3. The summed E-state index contributed by atoms with van der Waals surface area (Å²) in [4.78, 5) is 34.7. The summed E-state index contributed by atoms with van der Waals surface area (Å²) < 4.78 is 0. The molecule has 0 saturated heterocycles. The van der Waals surface area contributed by atoms with Gasteiger partial charge in [-0.15, -0.1) is 0 Å². The van der Waals surface area contributed by atoms with Gasteiger partial charge in [-0.3, -0.25) is 9.59 Å². The summed E-state index contributed by atoms with van der Waals surface area (Å²) in [5.41, 5.74) is 0. The first-order valence-corrected chi connectivity index (χ1v) is 5.47. The van der Waals surface area contributed by atoms with Crippen molar-refractivity contribution in [1.29, 1.82) is 0 Å². The molecular formula is C10H19N3O4. The first kappa shape index (κ1) is 15.2. The molecule has 98 valence electrons. The molecule has 3 N–H and O–H groups in total. The molecule has 0 aromatic rings. The highest BCUT2D eigenvalue weighted by molar-refractivity contribution is 5.87. The van der Waals surface area contributed by atoms with Gasteiger partial charge in [0, 0.05) is 13.1 Å². The van der Waals surface area contributed by atoms with Crippen LogP contribution in [0.1, 0.15) is 20.8 Å². The fraction of sp³-hybridized carbons (Fsp3) is 0.700. The van der Waals surface area contributed by atoms with Crippen LogP contribution in [0.15, 0.2) is 0 Å². The minimum atomic E-state index is -1.14. The van der Waals surface area contributed by atoms with Gasteiger partial charge < -0.3 is 20.6 Å². The van der Waals surface area contributed by atoms with Gasteiger partial charge in [0.2, 0.25) is 5.91 Å². The van der Waals surface area contributed by atoms with Crippen molar-refractivity contribution in [3.63, 3.8) is 0 Å². The second-order valence-corrected chi connectivity index (χ2v) is 3.45. The Morgan fingerprint density at radius 3 is 2.18 bits per heavy atom. The van der Waals surface area contributed by atoms with E-state index in [9.17, 15) is 14.4 Å². The van der Waals surface area contributed by atoms with E-state index in [0.717, 1.165) is 0 Å². The van der Waals surface area contributed by atoms with Gasteiger partial charge in [0.1, 0.15) is 12.6 Å². The normalized spacial score (nSPS) is 11.5. The Hall–Kier alpha value is -1.79. The number of carboxylic acid groups (broad SMARTS) is 1. The van der Waals surface area contributed by atoms with Gasteiger partial charge in [0.15, 0.2) is 0 Å². The number of hydrogen-bond acceptors (Lipinski definition) is 3. The number of carboxylic acids is 1. The molecule has 0 aromatic carbocycles. The van der Waals surface area contributed by atoms with E-state index in [1.165, 1.54) is 0 Å². The van der Waals surface area contributed by atoms with E-state index in [1.54, 1.807) is 11.8 Å².